The van der Waals surface area contributed by atoms with Crippen molar-refractivity contribution in [1.29, 1.82) is 0 Å². The molecule has 166 valence electrons. The van der Waals surface area contributed by atoms with Gasteiger partial charge in [0.1, 0.15) is 5.82 Å². The van der Waals surface area contributed by atoms with Crippen LogP contribution in [0.5, 0.6) is 0 Å². The number of halogens is 1. The third-order valence-electron chi connectivity index (χ3n) is 5.01. The summed E-state index contributed by atoms with van der Waals surface area (Å²) in [7, 11) is 0. The number of aromatic nitrogens is 2. The Hall–Kier alpha value is -3.59. The molecule has 8 nitrogen and oxygen atoms in total. The van der Waals surface area contributed by atoms with E-state index in [1.807, 2.05) is 6.07 Å². The Morgan fingerprint density at radius 2 is 1.78 bits per heavy atom. The summed E-state index contributed by atoms with van der Waals surface area (Å²) in [5, 5.41) is 3.86. The lowest BCUT2D eigenvalue weighted by Crippen LogP contribution is -2.44. The molecule has 0 N–H and O–H groups in total. The average molecular weight is 439 g/mol. The minimum Gasteiger partial charge on any atom is -0.447 e. The fourth-order valence-electron chi connectivity index (χ4n) is 3.31. The second kappa shape index (κ2) is 10.1. The first-order valence-corrected chi connectivity index (χ1v) is 10.3. The molecule has 32 heavy (non-hydrogen) atoms. The van der Waals surface area contributed by atoms with Crippen molar-refractivity contribution >= 4 is 11.9 Å². The van der Waals surface area contributed by atoms with Crippen molar-refractivity contribution in [3.8, 4) is 11.4 Å². The minimum absolute atomic E-state index is 0.0369. The number of nitrogens with zero attached hydrogens (tertiary/aromatic N) is 3. The molecule has 0 saturated carbocycles. The monoisotopic (exact) mass is 439 g/mol. The van der Waals surface area contributed by atoms with Crippen LogP contribution in [0.1, 0.15) is 24.0 Å². The molecular weight excluding hydrogens is 417 g/mol. The number of rotatable bonds is 7. The maximum Gasteiger partial charge on any atom is 0.307 e. The van der Waals surface area contributed by atoms with E-state index in [2.05, 4.69) is 10.1 Å². The van der Waals surface area contributed by atoms with Gasteiger partial charge in [-0.05, 0) is 24.3 Å². The van der Waals surface area contributed by atoms with Gasteiger partial charge in [-0.2, -0.15) is 4.98 Å². The predicted molar refractivity (Wildman–Crippen MR) is 111 cm³/mol. The fourth-order valence-corrected chi connectivity index (χ4v) is 3.31. The highest BCUT2D eigenvalue weighted by Crippen LogP contribution is 2.22. The van der Waals surface area contributed by atoms with E-state index in [1.165, 1.54) is 12.1 Å². The summed E-state index contributed by atoms with van der Waals surface area (Å²) >= 11 is 0. The van der Waals surface area contributed by atoms with Crippen LogP contribution in [-0.2, 0) is 25.5 Å². The molecule has 1 aliphatic rings. The first kappa shape index (κ1) is 21.6. The van der Waals surface area contributed by atoms with E-state index in [4.69, 9.17) is 14.0 Å². The van der Waals surface area contributed by atoms with Gasteiger partial charge in [0.05, 0.1) is 19.6 Å². The molecule has 1 atom stereocenters. The van der Waals surface area contributed by atoms with Gasteiger partial charge in [-0.25, -0.2) is 4.39 Å². The van der Waals surface area contributed by atoms with Gasteiger partial charge >= 0.3 is 5.97 Å². The predicted octanol–water partition coefficient (Wildman–Crippen LogP) is 2.95. The van der Waals surface area contributed by atoms with Gasteiger partial charge < -0.3 is 18.9 Å². The van der Waals surface area contributed by atoms with E-state index in [1.54, 1.807) is 41.3 Å². The number of amides is 1. The lowest BCUT2D eigenvalue weighted by molar-refractivity contribution is -0.162. The van der Waals surface area contributed by atoms with Crippen LogP contribution >= 0.6 is 0 Å². The number of carbonyl (C=O) groups is 2. The number of esters is 1. The molecule has 4 rings (SSSR count). The highest BCUT2D eigenvalue weighted by molar-refractivity contribution is 5.85. The van der Waals surface area contributed by atoms with Crippen LogP contribution in [0.15, 0.2) is 59.1 Å². The lowest BCUT2D eigenvalue weighted by Gasteiger charge is -2.30. The topological polar surface area (TPSA) is 94.8 Å². The molecule has 0 bridgehead atoms. The van der Waals surface area contributed by atoms with Crippen LogP contribution in [0, 0.1) is 5.82 Å². The van der Waals surface area contributed by atoms with E-state index in [0.717, 1.165) is 0 Å². The summed E-state index contributed by atoms with van der Waals surface area (Å²) in [6, 6.07) is 14.6. The summed E-state index contributed by atoms with van der Waals surface area (Å²) < 4.78 is 29.1. The van der Waals surface area contributed by atoms with Crippen LogP contribution < -0.4 is 0 Å². The average Bonchev–Trinajstić information content (AvgIpc) is 3.31. The van der Waals surface area contributed by atoms with Crippen molar-refractivity contribution < 1.29 is 28.0 Å². The molecule has 1 aromatic heterocycles. The van der Waals surface area contributed by atoms with Crippen molar-refractivity contribution in [2.75, 3.05) is 26.3 Å². The van der Waals surface area contributed by atoms with Gasteiger partial charge in [0.25, 0.3) is 5.91 Å². The fraction of sp³-hybridized carbons (Fsp3) is 0.304. The molecule has 9 heteroatoms. The number of hydrogen-bond acceptors (Lipinski definition) is 7. The number of aryl methyl sites for hydroxylation is 1. The van der Waals surface area contributed by atoms with E-state index in [9.17, 15) is 14.0 Å². The van der Waals surface area contributed by atoms with Crippen molar-refractivity contribution in [2.24, 2.45) is 0 Å². The molecule has 0 unspecified atom stereocenters. The standard InChI is InChI=1S/C23H22FN3O5/c24-18-8-6-17(7-9-18)22-25-19(32-26-22)10-11-20(28)31-21(16-4-2-1-3-5-16)23(29)27-12-14-30-15-13-27/h1-9,21H,10-15H2/t21-/m0/s1. The number of hydrogen-bond donors (Lipinski definition) is 0. The molecule has 2 aromatic carbocycles. The van der Waals surface area contributed by atoms with E-state index in [-0.39, 0.29) is 30.5 Å². The summed E-state index contributed by atoms with van der Waals surface area (Å²) in [6.07, 6.45) is -0.912. The maximum absolute atomic E-state index is 13.1. The Kier molecular flexibility index (Phi) is 6.86. The van der Waals surface area contributed by atoms with Crippen molar-refractivity contribution in [2.45, 2.75) is 18.9 Å². The normalized spacial score (nSPS) is 14.7. The Bertz CT molecular complexity index is 1050. The van der Waals surface area contributed by atoms with Crippen molar-refractivity contribution in [3.05, 3.63) is 71.9 Å². The molecule has 1 amide bonds. The van der Waals surface area contributed by atoms with Gasteiger partial charge in [0, 0.05) is 30.6 Å². The third kappa shape index (κ3) is 5.36. The second-order valence-corrected chi connectivity index (χ2v) is 7.24. The molecule has 0 spiro atoms. The summed E-state index contributed by atoms with van der Waals surface area (Å²) in [4.78, 5) is 31.4. The van der Waals surface area contributed by atoms with Gasteiger partial charge in [0.15, 0.2) is 0 Å². The number of morpholine rings is 1. The Balaban J connectivity index is 1.39. The van der Waals surface area contributed by atoms with E-state index in [0.29, 0.717) is 43.3 Å². The van der Waals surface area contributed by atoms with Crippen molar-refractivity contribution in [3.63, 3.8) is 0 Å². The number of ether oxygens (including phenoxy) is 2. The SMILES string of the molecule is O=C(CCc1nc(-c2ccc(F)cc2)no1)O[C@H](C(=O)N1CCOCC1)c1ccccc1. The highest BCUT2D eigenvalue weighted by Gasteiger charge is 2.30. The molecule has 0 aliphatic carbocycles. The van der Waals surface area contributed by atoms with Crippen LogP contribution in [-0.4, -0.2) is 53.2 Å². The lowest BCUT2D eigenvalue weighted by atomic mass is 10.1. The molecule has 1 saturated heterocycles. The van der Waals surface area contributed by atoms with Crippen molar-refractivity contribution in [1.82, 2.24) is 15.0 Å². The van der Waals surface area contributed by atoms with Crippen LogP contribution in [0.3, 0.4) is 0 Å². The maximum atomic E-state index is 13.1. The molecular formula is C23H22FN3O5. The van der Waals surface area contributed by atoms with Crippen LogP contribution in [0.25, 0.3) is 11.4 Å². The summed E-state index contributed by atoms with van der Waals surface area (Å²) in [6.45, 7) is 1.81. The smallest absolute Gasteiger partial charge is 0.307 e. The van der Waals surface area contributed by atoms with Gasteiger partial charge in [-0.15, -0.1) is 0 Å². The second-order valence-electron chi connectivity index (χ2n) is 7.24. The van der Waals surface area contributed by atoms with E-state index >= 15 is 0 Å². The molecule has 1 aliphatic heterocycles. The zero-order chi connectivity index (χ0) is 22.3. The molecule has 3 aromatic rings. The molecule has 2 heterocycles. The van der Waals surface area contributed by atoms with Crippen LogP contribution in [0.4, 0.5) is 4.39 Å². The molecule has 1 fully saturated rings. The summed E-state index contributed by atoms with van der Waals surface area (Å²) in [5.41, 5.74) is 1.21. The zero-order valence-corrected chi connectivity index (χ0v) is 17.3. The number of carbonyl (C=O) groups excluding carboxylic acids is 2. The Morgan fingerprint density at radius 3 is 2.50 bits per heavy atom. The Labute approximate surface area is 183 Å². The van der Waals surface area contributed by atoms with Gasteiger partial charge in [-0.1, -0.05) is 35.5 Å². The third-order valence-corrected chi connectivity index (χ3v) is 5.01. The quantitative estimate of drug-likeness (QED) is 0.523. The van der Waals surface area contributed by atoms with E-state index < -0.39 is 12.1 Å². The first-order valence-electron chi connectivity index (χ1n) is 10.3. The molecule has 0 radical (unpaired) electrons. The Morgan fingerprint density at radius 1 is 1.06 bits per heavy atom. The highest BCUT2D eigenvalue weighted by atomic mass is 19.1. The zero-order valence-electron chi connectivity index (χ0n) is 17.3. The largest absolute Gasteiger partial charge is 0.447 e. The number of benzene rings is 2. The van der Waals surface area contributed by atoms with Gasteiger partial charge in [0.2, 0.25) is 17.8 Å². The first-order chi connectivity index (χ1) is 15.6. The van der Waals surface area contributed by atoms with Crippen LogP contribution in [0.2, 0.25) is 0 Å². The minimum atomic E-state index is -1.03. The summed E-state index contributed by atoms with van der Waals surface area (Å²) in [5.74, 6) is -0.638. The van der Waals surface area contributed by atoms with Gasteiger partial charge in [-0.3, -0.25) is 9.59 Å².